The Bertz CT molecular complexity index is 1220. The van der Waals surface area contributed by atoms with Gasteiger partial charge in [-0.2, -0.15) is 0 Å². The molecule has 1 amide bonds. The van der Waals surface area contributed by atoms with Crippen LogP contribution in [-0.4, -0.2) is 112 Å². The van der Waals surface area contributed by atoms with Crippen LogP contribution in [0.15, 0.2) is 24.5 Å². The van der Waals surface area contributed by atoms with Gasteiger partial charge in [0, 0.05) is 56.8 Å². The van der Waals surface area contributed by atoms with Crippen LogP contribution in [0.4, 0.5) is 10.2 Å². The highest BCUT2D eigenvalue weighted by Gasteiger charge is 2.50. The number of benzene rings is 1. The summed E-state index contributed by atoms with van der Waals surface area (Å²) < 4.78 is 20.4. The standard InChI is InChI=1S/C32H50FN7O3/c1-8-13-37(7)17-25(41)16-27(22(3)4)39-19-32(20-39)12-14-38(18-32)29-30(36-35-21-34-29)43-28-11-10-24(33)15-26(28)31(42)40(9-2)23(5)6/h10-11,15,21-23,25,27,41H,8-9,12-14,16-20H2,1-7H3/t25-,27?/m1/s1. The number of halogens is 1. The molecule has 10 nitrogen and oxygen atoms in total. The third-order valence-electron chi connectivity index (χ3n) is 8.87. The molecule has 2 aliphatic heterocycles. The second kappa shape index (κ2) is 14.3. The molecule has 2 saturated heterocycles. The molecule has 1 N–H and O–H groups in total. The van der Waals surface area contributed by atoms with Crippen LogP contribution in [0.25, 0.3) is 0 Å². The molecular weight excluding hydrogens is 549 g/mol. The molecule has 1 unspecified atom stereocenters. The zero-order chi connectivity index (χ0) is 31.3. The molecule has 1 spiro atoms. The minimum Gasteiger partial charge on any atom is -0.434 e. The van der Waals surface area contributed by atoms with Gasteiger partial charge in [0.1, 0.15) is 17.9 Å². The smallest absolute Gasteiger partial charge is 0.282 e. The van der Waals surface area contributed by atoms with Crippen molar-refractivity contribution in [2.24, 2.45) is 11.3 Å². The number of carbonyl (C=O) groups is 1. The second-order valence-corrected chi connectivity index (χ2v) is 13.1. The lowest BCUT2D eigenvalue weighted by Gasteiger charge is -2.53. The highest BCUT2D eigenvalue weighted by molar-refractivity contribution is 5.97. The number of aliphatic hydroxyl groups excluding tert-OH is 1. The highest BCUT2D eigenvalue weighted by Crippen LogP contribution is 2.44. The lowest BCUT2D eigenvalue weighted by Crippen LogP contribution is -2.62. The molecule has 43 heavy (non-hydrogen) atoms. The van der Waals surface area contributed by atoms with E-state index in [1.54, 1.807) is 4.90 Å². The second-order valence-electron chi connectivity index (χ2n) is 13.1. The molecule has 1 aromatic carbocycles. The van der Waals surface area contributed by atoms with Gasteiger partial charge in [0.05, 0.1) is 11.7 Å². The van der Waals surface area contributed by atoms with E-state index >= 15 is 0 Å². The Balaban J connectivity index is 1.45. The maximum absolute atomic E-state index is 14.3. The largest absolute Gasteiger partial charge is 0.434 e. The summed E-state index contributed by atoms with van der Waals surface area (Å²) in [7, 11) is 2.07. The summed E-state index contributed by atoms with van der Waals surface area (Å²) in [5.74, 6) is 0.619. The molecule has 0 aliphatic carbocycles. The molecule has 2 atom stereocenters. The molecule has 0 bridgehead atoms. The van der Waals surface area contributed by atoms with Gasteiger partial charge in [0.15, 0.2) is 5.82 Å². The van der Waals surface area contributed by atoms with Crippen LogP contribution in [0.5, 0.6) is 11.6 Å². The number of aromatic nitrogens is 3. The van der Waals surface area contributed by atoms with Crippen LogP contribution in [0.2, 0.25) is 0 Å². The maximum atomic E-state index is 14.3. The first kappa shape index (κ1) is 33.0. The Labute approximate surface area is 256 Å². The van der Waals surface area contributed by atoms with Crippen molar-refractivity contribution in [3.05, 3.63) is 35.9 Å². The summed E-state index contributed by atoms with van der Waals surface area (Å²) >= 11 is 0. The number of hydrogen-bond acceptors (Lipinski definition) is 9. The first-order valence-corrected chi connectivity index (χ1v) is 15.8. The van der Waals surface area contributed by atoms with Crippen LogP contribution in [0.1, 0.15) is 71.2 Å². The van der Waals surface area contributed by atoms with Crippen LogP contribution in [0.3, 0.4) is 0 Å². The molecule has 2 fully saturated rings. The van der Waals surface area contributed by atoms with E-state index < -0.39 is 5.82 Å². The monoisotopic (exact) mass is 599 g/mol. The molecule has 11 heteroatoms. The number of rotatable bonds is 14. The summed E-state index contributed by atoms with van der Waals surface area (Å²) in [6, 6.07) is 4.23. The van der Waals surface area contributed by atoms with Gasteiger partial charge < -0.3 is 24.5 Å². The van der Waals surface area contributed by atoms with Crippen molar-refractivity contribution in [2.75, 3.05) is 57.8 Å². The molecule has 0 radical (unpaired) electrons. The number of carbonyl (C=O) groups excluding carboxylic acids is 1. The molecule has 4 rings (SSSR count). The van der Waals surface area contributed by atoms with E-state index in [0.29, 0.717) is 30.9 Å². The zero-order valence-electron chi connectivity index (χ0n) is 27.0. The third-order valence-corrected chi connectivity index (χ3v) is 8.87. The predicted molar refractivity (Wildman–Crippen MR) is 166 cm³/mol. The number of aliphatic hydroxyl groups is 1. The molecular formula is C32H50FN7O3. The first-order chi connectivity index (χ1) is 20.5. The quantitative estimate of drug-likeness (QED) is 0.341. The Hall–Kier alpha value is -2.89. The van der Waals surface area contributed by atoms with Gasteiger partial charge in [-0.15, -0.1) is 10.2 Å². The summed E-state index contributed by atoms with van der Waals surface area (Å²) in [6.07, 6.45) is 3.92. The molecule has 2 aromatic rings. The van der Waals surface area contributed by atoms with Gasteiger partial charge in [-0.1, -0.05) is 20.8 Å². The van der Waals surface area contributed by atoms with Gasteiger partial charge in [-0.25, -0.2) is 9.37 Å². The number of amides is 1. The number of anilines is 1. The molecule has 1 aromatic heterocycles. The van der Waals surface area contributed by atoms with Crippen LogP contribution in [-0.2, 0) is 0 Å². The first-order valence-electron chi connectivity index (χ1n) is 15.8. The van der Waals surface area contributed by atoms with Crippen molar-refractivity contribution in [3.8, 4) is 11.6 Å². The molecule has 2 aliphatic rings. The minimum atomic E-state index is -0.510. The maximum Gasteiger partial charge on any atom is 0.282 e. The van der Waals surface area contributed by atoms with Crippen molar-refractivity contribution in [1.29, 1.82) is 0 Å². The fourth-order valence-corrected chi connectivity index (χ4v) is 6.75. The van der Waals surface area contributed by atoms with Gasteiger partial charge >= 0.3 is 0 Å². The van der Waals surface area contributed by atoms with Gasteiger partial charge in [-0.05, 0) is 77.7 Å². The Kier molecular flexibility index (Phi) is 10.9. The van der Waals surface area contributed by atoms with E-state index in [9.17, 15) is 14.3 Å². The van der Waals surface area contributed by atoms with Crippen LogP contribution < -0.4 is 9.64 Å². The SMILES string of the molecule is CCCN(C)C[C@H](O)CC(C(C)C)N1CC2(CCN(c3ncnnc3Oc3ccc(F)cc3C(=O)N(CC)C(C)C)C2)C1. The lowest BCUT2D eigenvalue weighted by molar-refractivity contribution is -0.0481. The molecule has 238 valence electrons. The fraction of sp³-hybridized carbons (Fsp3) is 0.688. The Morgan fingerprint density at radius 1 is 1.19 bits per heavy atom. The number of hydrogen-bond donors (Lipinski definition) is 1. The van der Waals surface area contributed by atoms with E-state index in [2.05, 4.69) is 57.7 Å². The lowest BCUT2D eigenvalue weighted by atomic mass is 9.76. The van der Waals surface area contributed by atoms with Gasteiger partial charge in [0.2, 0.25) is 0 Å². The summed E-state index contributed by atoms with van der Waals surface area (Å²) in [6.45, 7) is 18.1. The highest BCUT2D eigenvalue weighted by atomic mass is 19.1. The third kappa shape index (κ3) is 7.80. The van der Waals surface area contributed by atoms with Crippen molar-refractivity contribution in [1.82, 2.24) is 29.9 Å². The summed E-state index contributed by atoms with van der Waals surface area (Å²) in [5.41, 5.74) is 0.275. The average Bonchev–Trinajstić information content (AvgIpc) is 3.38. The Morgan fingerprint density at radius 2 is 1.93 bits per heavy atom. The number of nitrogens with zero attached hydrogens (tertiary/aromatic N) is 7. The Morgan fingerprint density at radius 3 is 2.58 bits per heavy atom. The predicted octanol–water partition coefficient (Wildman–Crippen LogP) is 4.30. The van der Waals surface area contributed by atoms with Gasteiger partial charge in [-0.3, -0.25) is 9.69 Å². The van der Waals surface area contributed by atoms with E-state index in [-0.39, 0.29) is 40.7 Å². The van der Waals surface area contributed by atoms with E-state index in [1.807, 2.05) is 20.8 Å². The molecule has 3 heterocycles. The number of likely N-dealkylation sites (N-methyl/N-ethyl adjacent to an activating group) is 1. The van der Waals surface area contributed by atoms with Crippen molar-refractivity contribution in [3.63, 3.8) is 0 Å². The van der Waals surface area contributed by atoms with E-state index in [1.165, 1.54) is 24.5 Å². The zero-order valence-corrected chi connectivity index (χ0v) is 27.0. The summed E-state index contributed by atoms with van der Waals surface area (Å²) in [4.78, 5) is 26.4. The van der Waals surface area contributed by atoms with Crippen LogP contribution >= 0.6 is 0 Å². The van der Waals surface area contributed by atoms with E-state index in [0.717, 1.165) is 52.0 Å². The van der Waals surface area contributed by atoms with Gasteiger partial charge in [0.25, 0.3) is 11.8 Å². The van der Waals surface area contributed by atoms with Crippen LogP contribution in [0, 0.1) is 17.2 Å². The number of ether oxygens (including phenoxy) is 1. The average molecular weight is 600 g/mol. The fourth-order valence-electron chi connectivity index (χ4n) is 6.75. The minimum absolute atomic E-state index is 0.0499. The van der Waals surface area contributed by atoms with Crippen molar-refractivity contribution >= 4 is 11.7 Å². The normalized spacial score (nSPS) is 18.0. The van der Waals surface area contributed by atoms with E-state index in [4.69, 9.17) is 4.74 Å². The summed E-state index contributed by atoms with van der Waals surface area (Å²) in [5, 5.41) is 19.0. The van der Waals surface area contributed by atoms with Crippen molar-refractivity contribution in [2.45, 2.75) is 79.0 Å². The molecule has 0 saturated carbocycles. The number of likely N-dealkylation sites (tertiary alicyclic amines) is 1. The van der Waals surface area contributed by atoms with Crippen molar-refractivity contribution < 1.29 is 19.0 Å². The topological polar surface area (TPSA) is 98.2 Å².